The zero-order chi connectivity index (χ0) is 25.8. The van der Waals surface area contributed by atoms with E-state index in [2.05, 4.69) is 20.7 Å². The van der Waals surface area contributed by atoms with Crippen LogP contribution in [-0.4, -0.2) is 45.8 Å². The van der Waals surface area contributed by atoms with Gasteiger partial charge in [0.2, 0.25) is 0 Å². The number of para-hydroxylation sites is 1. The fourth-order valence-electron chi connectivity index (χ4n) is 4.08. The van der Waals surface area contributed by atoms with E-state index in [9.17, 15) is 14.0 Å². The molecule has 2 amide bonds. The van der Waals surface area contributed by atoms with Crippen LogP contribution < -0.4 is 10.6 Å². The molecule has 1 saturated heterocycles. The zero-order valence-corrected chi connectivity index (χ0v) is 20.4. The molecule has 2 N–H and O–H groups in total. The van der Waals surface area contributed by atoms with Gasteiger partial charge in [0.15, 0.2) is 5.69 Å². The summed E-state index contributed by atoms with van der Waals surface area (Å²) >= 11 is 6.33. The second-order valence-electron chi connectivity index (χ2n) is 8.49. The standard InChI is InChI=1S/C27H23ClFN5O3/c28-21-11-10-17(25-22(29)9-4-12-30-25)14-20(21)26(35)32-24-15-23(27(36)31-16-19-8-5-13-37-19)33-34(24)18-6-2-1-3-7-18/h1-4,6-7,9-12,14-15,19H,5,8,13,16H2,(H,31,36)(H,32,35). The van der Waals surface area contributed by atoms with E-state index in [-0.39, 0.29) is 39.8 Å². The van der Waals surface area contributed by atoms with Crippen LogP contribution in [0.2, 0.25) is 5.02 Å². The number of aromatic nitrogens is 3. The van der Waals surface area contributed by atoms with E-state index in [0.717, 1.165) is 12.8 Å². The number of carbonyl (C=O) groups excluding carboxylic acids is 2. The predicted octanol–water partition coefficient (Wildman–Crippen LogP) is 4.89. The van der Waals surface area contributed by atoms with Crippen LogP contribution in [0.1, 0.15) is 33.7 Å². The van der Waals surface area contributed by atoms with Crippen LogP contribution in [0, 0.1) is 5.82 Å². The minimum atomic E-state index is -0.549. The van der Waals surface area contributed by atoms with Crippen LogP contribution in [0.5, 0.6) is 0 Å². The van der Waals surface area contributed by atoms with Crippen LogP contribution in [0.15, 0.2) is 72.9 Å². The summed E-state index contributed by atoms with van der Waals surface area (Å²) in [6.07, 6.45) is 3.31. The van der Waals surface area contributed by atoms with Crippen LogP contribution in [0.3, 0.4) is 0 Å². The summed E-state index contributed by atoms with van der Waals surface area (Å²) in [6, 6.07) is 17.9. The van der Waals surface area contributed by atoms with Gasteiger partial charge in [-0.15, -0.1) is 0 Å². The Kier molecular flexibility index (Phi) is 7.25. The van der Waals surface area contributed by atoms with Crippen molar-refractivity contribution in [2.24, 2.45) is 0 Å². The van der Waals surface area contributed by atoms with Crippen LogP contribution in [0.4, 0.5) is 10.2 Å². The largest absolute Gasteiger partial charge is 0.376 e. The molecular weight excluding hydrogens is 497 g/mol. The highest BCUT2D eigenvalue weighted by Crippen LogP contribution is 2.27. The number of carbonyl (C=O) groups is 2. The van der Waals surface area contributed by atoms with E-state index >= 15 is 0 Å². The maximum absolute atomic E-state index is 14.3. The maximum Gasteiger partial charge on any atom is 0.271 e. The molecule has 0 spiro atoms. The minimum absolute atomic E-state index is 0.0160. The number of halogens is 2. The lowest BCUT2D eigenvalue weighted by atomic mass is 10.1. The fraction of sp³-hybridized carbons (Fsp3) is 0.185. The minimum Gasteiger partial charge on any atom is -0.376 e. The van der Waals surface area contributed by atoms with Crippen molar-refractivity contribution in [3.05, 3.63) is 95.0 Å². The molecule has 37 heavy (non-hydrogen) atoms. The first kappa shape index (κ1) is 24.6. The molecular formula is C27H23ClFN5O3. The summed E-state index contributed by atoms with van der Waals surface area (Å²) in [5.41, 5.74) is 1.40. The number of benzene rings is 2. The number of hydrogen-bond acceptors (Lipinski definition) is 5. The van der Waals surface area contributed by atoms with Gasteiger partial charge in [-0.25, -0.2) is 9.07 Å². The first-order valence-corrected chi connectivity index (χ1v) is 12.1. The van der Waals surface area contributed by atoms with Crippen molar-refractivity contribution >= 4 is 29.2 Å². The Morgan fingerprint density at radius 1 is 1.08 bits per heavy atom. The molecule has 2 aromatic heterocycles. The molecule has 188 valence electrons. The van der Waals surface area contributed by atoms with Gasteiger partial charge in [0, 0.05) is 31.0 Å². The Labute approximate surface area is 217 Å². The molecule has 1 aliphatic heterocycles. The molecule has 10 heteroatoms. The second kappa shape index (κ2) is 10.9. The molecule has 2 aromatic carbocycles. The number of rotatable bonds is 7. The SMILES string of the molecule is O=C(NCC1CCCO1)c1cc(NC(=O)c2cc(-c3ncccc3F)ccc2Cl)n(-c2ccccc2)n1. The van der Waals surface area contributed by atoms with Crippen molar-refractivity contribution in [2.75, 3.05) is 18.5 Å². The Hall–Kier alpha value is -4.08. The van der Waals surface area contributed by atoms with E-state index in [1.807, 2.05) is 18.2 Å². The molecule has 1 atom stereocenters. The van der Waals surface area contributed by atoms with Crippen LogP contribution in [0.25, 0.3) is 16.9 Å². The first-order chi connectivity index (χ1) is 18.0. The molecule has 1 aliphatic rings. The summed E-state index contributed by atoms with van der Waals surface area (Å²) in [4.78, 5) is 30.2. The normalized spacial score (nSPS) is 14.9. The number of nitrogens with zero attached hydrogens (tertiary/aromatic N) is 3. The third-order valence-electron chi connectivity index (χ3n) is 5.94. The van der Waals surface area contributed by atoms with Gasteiger partial charge in [-0.1, -0.05) is 35.9 Å². The van der Waals surface area contributed by atoms with Crippen LogP contribution >= 0.6 is 11.6 Å². The maximum atomic E-state index is 14.3. The van der Waals surface area contributed by atoms with Gasteiger partial charge in [0.25, 0.3) is 11.8 Å². The molecule has 0 bridgehead atoms. The summed E-state index contributed by atoms with van der Waals surface area (Å²) < 4.78 is 21.3. The Morgan fingerprint density at radius 3 is 2.68 bits per heavy atom. The number of nitrogens with one attached hydrogen (secondary N) is 2. The molecule has 0 radical (unpaired) electrons. The fourth-order valence-corrected chi connectivity index (χ4v) is 4.28. The van der Waals surface area contributed by atoms with Gasteiger partial charge in [0.1, 0.15) is 17.3 Å². The topological polar surface area (TPSA) is 98.1 Å². The lowest BCUT2D eigenvalue weighted by molar-refractivity contribution is 0.0853. The Morgan fingerprint density at radius 2 is 1.92 bits per heavy atom. The summed E-state index contributed by atoms with van der Waals surface area (Å²) in [5, 5.41) is 10.2. The smallest absolute Gasteiger partial charge is 0.271 e. The quantitative estimate of drug-likeness (QED) is 0.362. The molecule has 0 aliphatic carbocycles. The summed E-state index contributed by atoms with van der Waals surface area (Å²) in [7, 11) is 0. The number of anilines is 1. The van der Waals surface area contributed by atoms with E-state index < -0.39 is 11.7 Å². The molecule has 1 fully saturated rings. The van der Waals surface area contributed by atoms with E-state index in [1.165, 1.54) is 41.2 Å². The van der Waals surface area contributed by atoms with E-state index in [1.54, 1.807) is 18.2 Å². The van der Waals surface area contributed by atoms with Gasteiger partial charge in [0.05, 0.1) is 22.4 Å². The van der Waals surface area contributed by atoms with Gasteiger partial charge in [-0.05, 0) is 49.2 Å². The van der Waals surface area contributed by atoms with Crippen molar-refractivity contribution in [1.82, 2.24) is 20.1 Å². The highest BCUT2D eigenvalue weighted by Gasteiger charge is 2.22. The second-order valence-corrected chi connectivity index (χ2v) is 8.90. The third-order valence-corrected chi connectivity index (χ3v) is 6.27. The first-order valence-electron chi connectivity index (χ1n) is 11.8. The summed E-state index contributed by atoms with van der Waals surface area (Å²) in [6.45, 7) is 1.07. The van der Waals surface area contributed by atoms with Gasteiger partial charge >= 0.3 is 0 Å². The number of hydrogen-bond donors (Lipinski definition) is 2. The molecule has 5 rings (SSSR count). The lowest BCUT2D eigenvalue weighted by Crippen LogP contribution is -2.32. The lowest BCUT2D eigenvalue weighted by Gasteiger charge is -2.11. The predicted molar refractivity (Wildman–Crippen MR) is 137 cm³/mol. The average Bonchev–Trinajstić information content (AvgIpc) is 3.59. The van der Waals surface area contributed by atoms with Crippen molar-refractivity contribution in [3.8, 4) is 16.9 Å². The molecule has 1 unspecified atom stereocenters. The average molecular weight is 520 g/mol. The number of amides is 2. The molecule has 4 aromatic rings. The summed E-state index contributed by atoms with van der Waals surface area (Å²) in [5.74, 6) is -1.18. The Balaban J connectivity index is 1.43. The van der Waals surface area contributed by atoms with Crippen molar-refractivity contribution in [1.29, 1.82) is 0 Å². The number of ether oxygens (including phenoxy) is 1. The van der Waals surface area contributed by atoms with Crippen LogP contribution in [-0.2, 0) is 4.74 Å². The van der Waals surface area contributed by atoms with Gasteiger partial charge in [-0.2, -0.15) is 5.10 Å². The molecule has 8 nitrogen and oxygen atoms in total. The molecule has 3 heterocycles. The van der Waals surface area contributed by atoms with E-state index in [4.69, 9.17) is 16.3 Å². The van der Waals surface area contributed by atoms with E-state index in [0.29, 0.717) is 24.4 Å². The Bertz CT molecular complexity index is 1440. The highest BCUT2D eigenvalue weighted by atomic mass is 35.5. The van der Waals surface area contributed by atoms with Crippen molar-refractivity contribution in [3.63, 3.8) is 0 Å². The highest BCUT2D eigenvalue weighted by molar-refractivity contribution is 6.34. The monoisotopic (exact) mass is 519 g/mol. The zero-order valence-electron chi connectivity index (χ0n) is 19.7. The molecule has 0 saturated carbocycles. The van der Waals surface area contributed by atoms with Gasteiger partial charge in [-0.3, -0.25) is 14.6 Å². The van der Waals surface area contributed by atoms with Crippen molar-refractivity contribution in [2.45, 2.75) is 18.9 Å². The third kappa shape index (κ3) is 5.52. The van der Waals surface area contributed by atoms with Crippen molar-refractivity contribution < 1.29 is 18.7 Å². The van der Waals surface area contributed by atoms with Gasteiger partial charge < -0.3 is 15.4 Å². The number of pyridine rings is 1.